The second-order valence-electron chi connectivity index (χ2n) is 4.94. The van der Waals surface area contributed by atoms with Crippen LogP contribution in [0.4, 0.5) is 13.2 Å². The van der Waals surface area contributed by atoms with Crippen LogP contribution in [0.3, 0.4) is 0 Å². The molecule has 1 aromatic rings. The van der Waals surface area contributed by atoms with Crippen molar-refractivity contribution in [2.75, 3.05) is 20.2 Å². The number of aromatic nitrogens is 1. The fraction of sp³-hybridized carbons (Fsp3) is 0.538. The van der Waals surface area contributed by atoms with Crippen molar-refractivity contribution in [3.05, 3.63) is 22.8 Å². The van der Waals surface area contributed by atoms with E-state index in [1.807, 2.05) is 11.9 Å². The largest absolute Gasteiger partial charge is 0.475 e. The lowest BCUT2D eigenvalue weighted by Gasteiger charge is -2.16. The number of rotatable bonds is 5. The molecule has 23 heavy (non-hydrogen) atoms. The molecule has 1 saturated carbocycles. The Kier molecular flexibility index (Phi) is 7.18. The second-order valence-corrected chi connectivity index (χ2v) is 5.35. The summed E-state index contributed by atoms with van der Waals surface area (Å²) in [4.78, 5) is 9.59. The summed E-state index contributed by atoms with van der Waals surface area (Å²) in [5, 5.41) is -0.193. The van der Waals surface area contributed by atoms with Crippen LogP contribution in [0.1, 0.15) is 18.4 Å². The van der Waals surface area contributed by atoms with Crippen LogP contribution in [0.15, 0.2) is 17.3 Å². The van der Waals surface area contributed by atoms with Gasteiger partial charge in [0.25, 0.3) is 0 Å². The maximum absolute atomic E-state index is 12.5. The maximum atomic E-state index is 12.5. The number of halogens is 5. The van der Waals surface area contributed by atoms with E-state index in [4.69, 9.17) is 22.1 Å². The van der Waals surface area contributed by atoms with Crippen molar-refractivity contribution in [3.63, 3.8) is 0 Å². The van der Waals surface area contributed by atoms with Gasteiger partial charge in [-0.1, -0.05) is 11.6 Å². The highest BCUT2D eigenvalue weighted by Gasteiger charge is 2.31. The number of nitrogens with two attached hydrogens (primary N) is 1. The Morgan fingerprint density at radius 3 is 2.70 bits per heavy atom. The Morgan fingerprint density at radius 2 is 2.17 bits per heavy atom. The van der Waals surface area contributed by atoms with E-state index in [9.17, 15) is 13.2 Å². The Labute approximate surface area is 154 Å². The lowest BCUT2D eigenvalue weighted by Crippen LogP contribution is -2.36. The van der Waals surface area contributed by atoms with Crippen LogP contribution >= 0.6 is 35.6 Å². The molecule has 0 unspecified atom stereocenters. The van der Waals surface area contributed by atoms with E-state index in [2.05, 4.69) is 9.98 Å². The van der Waals surface area contributed by atoms with Crippen molar-refractivity contribution in [1.82, 2.24) is 9.88 Å². The molecule has 0 aliphatic heterocycles. The van der Waals surface area contributed by atoms with Crippen LogP contribution in [-0.2, 0) is 6.18 Å². The Morgan fingerprint density at radius 1 is 1.52 bits per heavy atom. The monoisotopic (exact) mass is 464 g/mol. The quantitative estimate of drug-likeness (QED) is 0.315. The minimum atomic E-state index is -4.48. The zero-order valence-electron chi connectivity index (χ0n) is 12.3. The highest BCUT2D eigenvalue weighted by atomic mass is 127. The molecule has 10 heteroatoms. The average Bonchev–Trinajstić information content (AvgIpc) is 3.27. The van der Waals surface area contributed by atoms with Crippen LogP contribution in [0.5, 0.6) is 5.88 Å². The van der Waals surface area contributed by atoms with E-state index in [0.29, 0.717) is 18.2 Å². The SMILES string of the molecule is CN(C(N)=NCCOc1ncc(C(F)(F)F)cc1Cl)C1CC1.I. The summed E-state index contributed by atoms with van der Waals surface area (Å²) >= 11 is 5.72. The van der Waals surface area contributed by atoms with Crippen molar-refractivity contribution >= 4 is 41.5 Å². The first-order chi connectivity index (χ1) is 10.3. The van der Waals surface area contributed by atoms with Gasteiger partial charge in [-0.25, -0.2) is 9.98 Å². The van der Waals surface area contributed by atoms with Gasteiger partial charge in [0.2, 0.25) is 5.88 Å². The summed E-state index contributed by atoms with van der Waals surface area (Å²) in [5.41, 5.74) is 4.87. The lowest BCUT2D eigenvalue weighted by atomic mass is 10.3. The van der Waals surface area contributed by atoms with Crippen LogP contribution in [-0.4, -0.2) is 42.1 Å². The van der Waals surface area contributed by atoms with Gasteiger partial charge in [0.05, 0.1) is 12.1 Å². The normalized spacial score (nSPS) is 15.1. The Hall–Kier alpha value is -0.970. The number of pyridine rings is 1. The molecular weight excluding hydrogens is 448 g/mol. The Bertz CT molecular complexity index is 567. The van der Waals surface area contributed by atoms with Gasteiger partial charge in [-0.15, -0.1) is 24.0 Å². The zero-order chi connectivity index (χ0) is 16.3. The number of aliphatic imine (C=N–C) groups is 1. The molecule has 0 spiro atoms. The molecule has 1 aliphatic rings. The smallest absolute Gasteiger partial charge is 0.417 e. The molecule has 1 fully saturated rings. The number of alkyl halides is 3. The zero-order valence-corrected chi connectivity index (χ0v) is 15.4. The molecule has 5 nitrogen and oxygen atoms in total. The predicted molar refractivity (Wildman–Crippen MR) is 92.4 cm³/mol. The molecule has 0 aromatic carbocycles. The molecule has 1 aliphatic carbocycles. The van der Waals surface area contributed by atoms with Gasteiger partial charge in [0, 0.05) is 19.3 Å². The topological polar surface area (TPSA) is 63.7 Å². The van der Waals surface area contributed by atoms with E-state index in [1.165, 1.54) is 0 Å². The third-order valence-electron chi connectivity index (χ3n) is 3.19. The van der Waals surface area contributed by atoms with Gasteiger partial charge >= 0.3 is 6.18 Å². The van der Waals surface area contributed by atoms with Gasteiger partial charge in [-0.05, 0) is 18.9 Å². The fourth-order valence-corrected chi connectivity index (χ4v) is 1.97. The van der Waals surface area contributed by atoms with Crippen molar-refractivity contribution in [2.24, 2.45) is 10.7 Å². The molecule has 0 saturated heterocycles. The predicted octanol–water partition coefficient (Wildman–Crippen LogP) is 3.16. The molecule has 1 aromatic heterocycles. The highest BCUT2D eigenvalue weighted by molar-refractivity contribution is 14.0. The summed E-state index contributed by atoms with van der Waals surface area (Å²) in [5.74, 6) is 0.358. The van der Waals surface area contributed by atoms with Crippen molar-refractivity contribution in [1.29, 1.82) is 0 Å². The van der Waals surface area contributed by atoms with Crippen LogP contribution in [0.25, 0.3) is 0 Å². The Balaban J connectivity index is 0.00000264. The number of hydrogen-bond donors (Lipinski definition) is 1. The number of guanidine groups is 1. The molecule has 130 valence electrons. The van der Waals surface area contributed by atoms with E-state index in [1.54, 1.807) is 0 Å². The number of hydrogen-bond acceptors (Lipinski definition) is 3. The van der Waals surface area contributed by atoms with E-state index < -0.39 is 11.7 Å². The summed E-state index contributed by atoms with van der Waals surface area (Å²) in [7, 11) is 1.87. The van der Waals surface area contributed by atoms with Crippen LogP contribution < -0.4 is 10.5 Å². The molecule has 0 bridgehead atoms. The fourth-order valence-electron chi connectivity index (χ4n) is 1.75. The maximum Gasteiger partial charge on any atom is 0.417 e. The summed E-state index contributed by atoms with van der Waals surface area (Å²) in [6, 6.07) is 1.23. The number of ether oxygens (including phenoxy) is 1. The van der Waals surface area contributed by atoms with Crippen molar-refractivity contribution < 1.29 is 17.9 Å². The van der Waals surface area contributed by atoms with Crippen molar-refractivity contribution in [2.45, 2.75) is 25.1 Å². The van der Waals surface area contributed by atoms with E-state index >= 15 is 0 Å². The molecule has 0 atom stereocenters. The first-order valence-corrected chi connectivity index (χ1v) is 7.05. The average molecular weight is 465 g/mol. The number of nitrogens with zero attached hydrogens (tertiary/aromatic N) is 3. The van der Waals surface area contributed by atoms with Gasteiger partial charge < -0.3 is 15.4 Å². The second kappa shape index (κ2) is 8.22. The van der Waals surface area contributed by atoms with Crippen molar-refractivity contribution in [3.8, 4) is 5.88 Å². The van der Waals surface area contributed by atoms with E-state index in [0.717, 1.165) is 18.9 Å². The van der Waals surface area contributed by atoms with E-state index in [-0.39, 0.29) is 48.0 Å². The lowest BCUT2D eigenvalue weighted by molar-refractivity contribution is -0.137. The molecule has 1 heterocycles. The van der Waals surface area contributed by atoms with Gasteiger partial charge in [-0.2, -0.15) is 13.2 Å². The molecule has 0 radical (unpaired) electrons. The minimum absolute atomic E-state index is 0. The highest BCUT2D eigenvalue weighted by Crippen LogP contribution is 2.33. The third-order valence-corrected chi connectivity index (χ3v) is 3.47. The summed E-state index contributed by atoms with van der Waals surface area (Å²) in [6.45, 7) is 0.388. The molecule has 2 rings (SSSR count). The van der Waals surface area contributed by atoms with Gasteiger partial charge in [0.1, 0.15) is 11.6 Å². The first-order valence-electron chi connectivity index (χ1n) is 6.67. The standard InChI is InChI=1S/C13H16ClF3N4O.HI/c1-21(9-2-3-9)12(18)19-4-5-22-11-10(14)6-8(7-20-11)13(15,16)17;/h6-7,9H,2-5H2,1H3,(H2,18,19);1H. The third kappa shape index (κ3) is 5.87. The molecule has 2 N–H and O–H groups in total. The minimum Gasteiger partial charge on any atom is -0.475 e. The van der Waals surface area contributed by atoms with Gasteiger partial charge in [0.15, 0.2) is 5.96 Å². The van der Waals surface area contributed by atoms with Gasteiger partial charge in [-0.3, -0.25) is 0 Å². The van der Waals surface area contributed by atoms with Crippen LogP contribution in [0.2, 0.25) is 5.02 Å². The summed E-state index contributed by atoms with van der Waals surface area (Å²) in [6.07, 6.45) is -1.59. The molecular formula is C13H17ClF3IN4O. The molecule has 0 amide bonds. The summed E-state index contributed by atoms with van der Waals surface area (Å²) < 4.78 is 42.6. The van der Waals surface area contributed by atoms with Crippen LogP contribution in [0, 0.1) is 0 Å². The first kappa shape index (κ1) is 20.1.